The minimum Gasteiger partial charge on any atom is -0.497 e. The molecule has 0 saturated heterocycles. The third kappa shape index (κ3) is 6.14. The van der Waals surface area contributed by atoms with Crippen LogP contribution in [0.4, 0.5) is 5.69 Å². The maximum Gasteiger partial charge on any atom is 0.267 e. The topological polar surface area (TPSA) is 125 Å². The average Bonchev–Trinajstić information content (AvgIpc) is 3.42. The first-order valence-electron chi connectivity index (χ1n) is 12.6. The third-order valence-corrected chi connectivity index (χ3v) is 11.1. The van der Waals surface area contributed by atoms with Gasteiger partial charge in [0.2, 0.25) is 5.52 Å². The minimum absolute atomic E-state index is 0.207. The molecule has 3 aromatic carbocycles. The van der Waals surface area contributed by atoms with Crippen molar-refractivity contribution in [3.63, 3.8) is 0 Å². The van der Waals surface area contributed by atoms with Crippen molar-refractivity contribution in [3.05, 3.63) is 64.6 Å². The Morgan fingerprint density at radius 1 is 1.07 bits per heavy atom. The van der Waals surface area contributed by atoms with Crippen LogP contribution in [0.25, 0.3) is 27.1 Å². The second-order valence-electron chi connectivity index (χ2n) is 9.55. The summed E-state index contributed by atoms with van der Waals surface area (Å²) in [5, 5.41) is 2.92. The van der Waals surface area contributed by atoms with Gasteiger partial charge < -0.3 is 9.64 Å². The van der Waals surface area contributed by atoms with Crippen molar-refractivity contribution in [1.29, 1.82) is 0 Å². The van der Waals surface area contributed by atoms with Crippen LogP contribution < -0.4 is 14.2 Å². The number of rotatable bonds is 10. The van der Waals surface area contributed by atoms with Gasteiger partial charge in [0, 0.05) is 23.9 Å². The van der Waals surface area contributed by atoms with Crippen molar-refractivity contribution < 1.29 is 35.2 Å². The Morgan fingerprint density at radius 2 is 1.85 bits per heavy atom. The zero-order valence-electron chi connectivity index (χ0n) is 21.8. The van der Waals surface area contributed by atoms with E-state index in [1.54, 1.807) is 30.2 Å². The standard InChI is InChI=1S/C27H28N2O7S4/c1-18(40(33,34)35)12-14-28-22-16-20(36-2)9-11-23(22)37-25(28)17-26-29(13-5-15-39(30,31)32)27-21-7-4-3-6-19(21)8-10-24(27)38-26/h3-4,6-11,16-18H,5,12-15H2,1-2H3,(H-,30,31,32,33,34,35)/p+1. The molecule has 0 radical (unpaired) electrons. The Kier molecular flexibility index (Phi) is 8.15. The zero-order chi connectivity index (χ0) is 28.7. The first-order valence-corrected chi connectivity index (χ1v) is 17.3. The number of benzene rings is 3. The number of aryl methyl sites for hydroxylation is 1. The summed E-state index contributed by atoms with van der Waals surface area (Å²) >= 11 is 3.12. The van der Waals surface area contributed by atoms with Gasteiger partial charge >= 0.3 is 0 Å². The highest BCUT2D eigenvalue weighted by molar-refractivity contribution is 8.04. The van der Waals surface area contributed by atoms with Gasteiger partial charge in [-0.15, -0.1) is 0 Å². The smallest absolute Gasteiger partial charge is 0.267 e. The molecule has 1 aliphatic rings. The summed E-state index contributed by atoms with van der Waals surface area (Å²) in [4.78, 5) is 3.01. The summed E-state index contributed by atoms with van der Waals surface area (Å²) in [6.07, 6.45) is 2.47. The molecule has 5 rings (SSSR count). The van der Waals surface area contributed by atoms with Gasteiger partial charge in [0.05, 0.1) is 40.3 Å². The average molecular weight is 622 g/mol. The molecule has 1 aliphatic heterocycles. The molecule has 212 valence electrons. The zero-order valence-corrected chi connectivity index (χ0v) is 25.1. The first kappa shape index (κ1) is 28.8. The number of hydrogen-bond donors (Lipinski definition) is 2. The molecule has 1 atom stereocenters. The molecule has 0 fully saturated rings. The molecule has 2 heterocycles. The lowest BCUT2D eigenvalue weighted by atomic mass is 10.1. The number of methoxy groups -OCH3 is 1. The van der Waals surface area contributed by atoms with E-state index in [4.69, 9.17) is 4.74 Å². The Hall–Kier alpha value is -2.68. The van der Waals surface area contributed by atoms with Crippen molar-refractivity contribution >= 4 is 76.1 Å². The Labute approximate surface area is 241 Å². The molecule has 0 saturated carbocycles. The van der Waals surface area contributed by atoms with Crippen molar-refractivity contribution in [1.82, 2.24) is 0 Å². The molecule has 2 N–H and O–H groups in total. The molecule has 4 aromatic rings. The fraction of sp³-hybridized carbons (Fsp3) is 0.296. The van der Waals surface area contributed by atoms with Crippen LogP contribution in [0.3, 0.4) is 0 Å². The molecule has 0 spiro atoms. The lowest BCUT2D eigenvalue weighted by molar-refractivity contribution is -0.667. The molecular formula is C27H29N2O7S4+. The van der Waals surface area contributed by atoms with Crippen LogP contribution in [0.2, 0.25) is 0 Å². The van der Waals surface area contributed by atoms with E-state index in [9.17, 15) is 25.9 Å². The number of thiazole rings is 1. The summed E-state index contributed by atoms with van der Waals surface area (Å²) in [6, 6.07) is 17.8. The molecule has 9 nitrogen and oxygen atoms in total. The second kappa shape index (κ2) is 11.3. The van der Waals surface area contributed by atoms with Crippen LogP contribution in [-0.4, -0.2) is 50.6 Å². The van der Waals surface area contributed by atoms with Gasteiger partial charge in [0.1, 0.15) is 10.4 Å². The lowest BCUT2D eigenvalue weighted by Crippen LogP contribution is -2.36. The summed E-state index contributed by atoms with van der Waals surface area (Å²) in [7, 11) is -6.70. The number of aromatic nitrogens is 1. The van der Waals surface area contributed by atoms with Gasteiger partial charge in [0.25, 0.3) is 25.2 Å². The third-order valence-electron chi connectivity index (χ3n) is 6.85. The van der Waals surface area contributed by atoms with E-state index in [0.29, 0.717) is 18.8 Å². The minimum atomic E-state index is -4.18. The van der Waals surface area contributed by atoms with Gasteiger partial charge in [-0.25, -0.2) is 0 Å². The molecule has 1 unspecified atom stereocenters. The summed E-state index contributed by atoms with van der Waals surface area (Å²) < 4.78 is 73.8. The van der Waals surface area contributed by atoms with E-state index >= 15 is 0 Å². The van der Waals surface area contributed by atoms with E-state index < -0.39 is 25.5 Å². The van der Waals surface area contributed by atoms with Crippen LogP contribution >= 0.6 is 23.1 Å². The highest BCUT2D eigenvalue weighted by atomic mass is 32.2. The van der Waals surface area contributed by atoms with Gasteiger partial charge in [-0.1, -0.05) is 47.4 Å². The van der Waals surface area contributed by atoms with E-state index in [-0.39, 0.29) is 18.6 Å². The number of ether oxygens (including phenoxy) is 1. The van der Waals surface area contributed by atoms with E-state index in [2.05, 4.69) is 16.7 Å². The van der Waals surface area contributed by atoms with Gasteiger partial charge in [-0.05, 0) is 43.0 Å². The normalized spacial score (nSPS) is 15.7. The predicted octanol–water partition coefficient (Wildman–Crippen LogP) is 5.21. The molecule has 1 aromatic heterocycles. The molecule has 0 bridgehead atoms. The van der Waals surface area contributed by atoms with Crippen molar-refractivity contribution in [2.24, 2.45) is 0 Å². The Balaban J connectivity index is 1.61. The van der Waals surface area contributed by atoms with E-state index in [1.807, 2.05) is 53.4 Å². The van der Waals surface area contributed by atoms with Gasteiger partial charge in [-0.2, -0.15) is 21.4 Å². The number of nitrogens with zero attached hydrogens (tertiary/aromatic N) is 2. The Morgan fingerprint density at radius 3 is 2.58 bits per heavy atom. The summed E-state index contributed by atoms with van der Waals surface area (Å²) in [6.45, 7) is 2.20. The molecule has 0 amide bonds. The van der Waals surface area contributed by atoms with Crippen molar-refractivity contribution in [2.45, 2.75) is 36.5 Å². The fourth-order valence-electron chi connectivity index (χ4n) is 4.72. The van der Waals surface area contributed by atoms with Crippen LogP contribution in [0.1, 0.15) is 24.8 Å². The molecule has 13 heteroatoms. The van der Waals surface area contributed by atoms with Crippen LogP contribution in [-0.2, 0) is 26.8 Å². The predicted molar refractivity (Wildman–Crippen MR) is 160 cm³/mol. The quantitative estimate of drug-likeness (QED) is 0.181. The largest absolute Gasteiger partial charge is 0.497 e. The fourth-order valence-corrected chi connectivity index (χ4v) is 7.94. The Bertz CT molecular complexity index is 1830. The van der Waals surface area contributed by atoms with Crippen LogP contribution in [0.15, 0.2) is 64.5 Å². The lowest BCUT2D eigenvalue weighted by Gasteiger charge is -2.22. The highest BCUT2D eigenvalue weighted by Crippen LogP contribution is 2.48. The van der Waals surface area contributed by atoms with Crippen LogP contribution in [0.5, 0.6) is 5.75 Å². The maximum absolute atomic E-state index is 11.7. The highest BCUT2D eigenvalue weighted by Gasteiger charge is 2.30. The number of thioether (sulfide) groups is 1. The molecular weight excluding hydrogens is 593 g/mol. The van der Waals surface area contributed by atoms with Gasteiger partial charge in [0.15, 0.2) is 6.54 Å². The van der Waals surface area contributed by atoms with E-state index in [0.717, 1.165) is 41.6 Å². The number of anilines is 1. The first-order chi connectivity index (χ1) is 18.9. The summed E-state index contributed by atoms with van der Waals surface area (Å²) in [5.41, 5.74) is 1.86. The van der Waals surface area contributed by atoms with Crippen molar-refractivity contribution in [2.75, 3.05) is 24.3 Å². The summed E-state index contributed by atoms with van der Waals surface area (Å²) in [5.74, 6) is 0.319. The van der Waals surface area contributed by atoms with E-state index in [1.165, 1.54) is 6.92 Å². The number of fused-ring (bicyclic) bond motifs is 4. The number of hydrogen-bond acceptors (Lipinski definition) is 8. The maximum atomic E-state index is 11.7. The second-order valence-corrected chi connectivity index (χ2v) is 15.1. The van der Waals surface area contributed by atoms with Crippen LogP contribution in [0, 0.1) is 0 Å². The monoisotopic (exact) mass is 621 g/mol. The molecule has 40 heavy (non-hydrogen) atoms. The molecule has 0 aliphatic carbocycles. The SMILES string of the molecule is COc1ccc2c(c1)N(CCC(C)S(=O)(=O)O)C(=Cc1sc3ccc4ccccc4c3[n+]1CCCS(=O)(=O)O)S2. The van der Waals surface area contributed by atoms with Crippen molar-refractivity contribution in [3.8, 4) is 5.75 Å². The van der Waals surface area contributed by atoms with Gasteiger partial charge in [-0.3, -0.25) is 9.11 Å².